The van der Waals surface area contributed by atoms with Crippen LogP contribution in [0.3, 0.4) is 0 Å². The molecule has 0 radical (unpaired) electrons. The van der Waals surface area contributed by atoms with Gasteiger partial charge in [-0.05, 0) is 23.3 Å². The molecule has 1 aromatic rings. The van der Waals surface area contributed by atoms with E-state index in [0.717, 1.165) is 5.56 Å². The Hall–Kier alpha value is -0.770. The Morgan fingerprint density at radius 2 is 2.12 bits per heavy atom. The summed E-state index contributed by atoms with van der Waals surface area (Å²) >= 11 is 12.1. The molecule has 92 valence electrons. The van der Waals surface area contributed by atoms with E-state index in [9.17, 15) is 9.90 Å². The highest BCUT2D eigenvalue weighted by atomic mass is 35.5. The SMILES string of the molecule is CC1(C)CNC(C(=O)O)c2cc(Cl)cc(Cl)c21. The number of hydrogen-bond acceptors (Lipinski definition) is 2. The maximum Gasteiger partial charge on any atom is 0.325 e. The van der Waals surface area contributed by atoms with Crippen molar-refractivity contribution in [1.82, 2.24) is 5.32 Å². The first kappa shape index (κ1) is 12.7. The molecule has 5 heteroatoms. The highest BCUT2D eigenvalue weighted by Gasteiger charge is 2.37. The minimum absolute atomic E-state index is 0.205. The molecule has 0 bridgehead atoms. The molecule has 1 aliphatic rings. The molecule has 1 unspecified atom stereocenters. The number of rotatable bonds is 1. The monoisotopic (exact) mass is 273 g/mol. The average Bonchev–Trinajstić information content (AvgIpc) is 2.14. The van der Waals surface area contributed by atoms with Gasteiger partial charge in [0.25, 0.3) is 0 Å². The van der Waals surface area contributed by atoms with Crippen LogP contribution in [-0.4, -0.2) is 17.6 Å². The topological polar surface area (TPSA) is 49.3 Å². The zero-order chi connectivity index (χ0) is 12.8. The number of fused-ring (bicyclic) bond motifs is 1. The third-order valence-electron chi connectivity index (χ3n) is 3.07. The molecule has 1 aliphatic heterocycles. The molecule has 3 nitrogen and oxygen atoms in total. The second-order valence-corrected chi connectivity index (χ2v) is 5.73. The van der Waals surface area contributed by atoms with E-state index in [0.29, 0.717) is 22.2 Å². The minimum Gasteiger partial charge on any atom is -0.480 e. The molecule has 0 saturated heterocycles. The van der Waals surface area contributed by atoms with E-state index in [1.54, 1.807) is 12.1 Å². The Morgan fingerprint density at radius 1 is 1.47 bits per heavy atom. The molecule has 1 atom stereocenters. The molecule has 2 rings (SSSR count). The zero-order valence-corrected chi connectivity index (χ0v) is 11.1. The van der Waals surface area contributed by atoms with Crippen LogP contribution in [0.1, 0.15) is 31.0 Å². The fourth-order valence-electron chi connectivity index (χ4n) is 2.31. The molecule has 1 aromatic carbocycles. The standard InChI is InChI=1S/C12H13Cl2NO2/c1-12(2)5-15-10(11(16)17)7-3-6(13)4-8(14)9(7)12/h3-4,10,15H,5H2,1-2H3,(H,16,17). The van der Waals surface area contributed by atoms with Gasteiger partial charge in [0.1, 0.15) is 6.04 Å². The minimum atomic E-state index is -0.917. The lowest BCUT2D eigenvalue weighted by atomic mass is 9.76. The Morgan fingerprint density at radius 3 is 2.71 bits per heavy atom. The van der Waals surface area contributed by atoms with Crippen molar-refractivity contribution < 1.29 is 9.90 Å². The van der Waals surface area contributed by atoms with Crippen molar-refractivity contribution >= 4 is 29.2 Å². The number of halogens is 2. The van der Waals surface area contributed by atoms with E-state index in [1.807, 2.05) is 13.8 Å². The maximum absolute atomic E-state index is 11.2. The van der Waals surface area contributed by atoms with Gasteiger partial charge in [-0.1, -0.05) is 37.0 Å². The fraction of sp³-hybridized carbons (Fsp3) is 0.417. The van der Waals surface area contributed by atoms with E-state index >= 15 is 0 Å². The van der Waals surface area contributed by atoms with E-state index in [4.69, 9.17) is 23.2 Å². The van der Waals surface area contributed by atoms with Crippen molar-refractivity contribution in [2.45, 2.75) is 25.3 Å². The van der Waals surface area contributed by atoms with E-state index in [-0.39, 0.29) is 5.41 Å². The molecule has 0 spiro atoms. The summed E-state index contributed by atoms with van der Waals surface area (Å²) < 4.78 is 0. The Labute approximate surface area is 110 Å². The highest BCUT2D eigenvalue weighted by Crippen LogP contribution is 2.40. The van der Waals surface area contributed by atoms with Crippen LogP contribution in [0, 0.1) is 0 Å². The van der Waals surface area contributed by atoms with Crippen LogP contribution in [0.15, 0.2) is 12.1 Å². The summed E-state index contributed by atoms with van der Waals surface area (Å²) in [7, 11) is 0. The lowest BCUT2D eigenvalue weighted by molar-refractivity contribution is -0.140. The van der Waals surface area contributed by atoms with Crippen molar-refractivity contribution in [2.24, 2.45) is 0 Å². The lowest BCUT2D eigenvalue weighted by Crippen LogP contribution is -2.44. The van der Waals surface area contributed by atoms with Gasteiger partial charge in [-0.2, -0.15) is 0 Å². The predicted molar refractivity (Wildman–Crippen MR) is 67.9 cm³/mol. The van der Waals surface area contributed by atoms with Gasteiger partial charge in [0.15, 0.2) is 0 Å². The summed E-state index contributed by atoms with van der Waals surface area (Å²) in [5.41, 5.74) is 1.32. The molecular formula is C12H13Cl2NO2. The van der Waals surface area contributed by atoms with Crippen LogP contribution in [-0.2, 0) is 10.2 Å². The average molecular weight is 274 g/mol. The number of carbonyl (C=O) groups is 1. The van der Waals surface area contributed by atoms with Gasteiger partial charge in [-0.25, -0.2) is 0 Å². The van der Waals surface area contributed by atoms with Crippen LogP contribution in [0.25, 0.3) is 0 Å². The first-order valence-corrected chi connectivity index (χ1v) is 6.04. The molecule has 17 heavy (non-hydrogen) atoms. The van der Waals surface area contributed by atoms with Gasteiger partial charge in [0.2, 0.25) is 0 Å². The molecule has 1 heterocycles. The smallest absolute Gasteiger partial charge is 0.325 e. The van der Waals surface area contributed by atoms with Crippen molar-refractivity contribution in [3.05, 3.63) is 33.3 Å². The fourth-order valence-corrected chi connectivity index (χ4v) is 3.08. The van der Waals surface area contributed by atoms with Crippen LogP contribution in [0.4, 0.5) is 0 Å². The van der Waals surface area contributed by atoms with Crippen molar-refractivity contribution in [3.63, 3.8) is 0 Å². The molecule has 0 fully saturated rings. The van der Waals surface area contributed by atoms with Gasteiger partial charge in [-0.3, -0.25) is 10.1 Å². The van der Waals surface area contributed by atoms with Crippen LogP contribution in [0.2, 0.25) is 10.0 Å². The number of carboxylic acid groups (broad SMARTS) is 1. The van der Waals surface area contributed by atoms with E-state index in [2.05, 4.69) is 5.32 Å². The van der Waals surface area contributed by atoms with Gasteiger partial charge in [0, 0.05) is 22.0 Å². The third kappa shape index (κ3) is 2.15. The number of nitrogens with one attached hydrogen (secondary N) is 1. The quantitative estimate of drug-likeness (QED) is 0.827. The Bertz CT molecular complexity index is 486. The predicted octanol–water partition coefficient (Wildman–Crippen LogP) is 3.00. The van der Waals surface area contributed by atoms with Crippen molar-refractivity contribution in [1.29, 1.82) is 0 Å². The molecular weight excluding hydrogens is 261 g/mol. The summed E-state index contributed by atoms with van der Waals surface area (Å²) in [5.74, 6) is -0.917. The maximum atomic E-state index is 11.2. The van der Waals surface area contributed by atoms with Crippen molar-refractivity contribution in [2.75, 3.05) is 6.54 Å². The number of carboxylic acids is 1. The molecule has 2 N–H and O–H groups in total. The first-order valence-electron chi connectivity index (χ1n) is 5.28. The first-order chi connectivity index (χ1) is 7.83. The third-order valence-corrected chi connectivity index (χ3v) is 3.58. The molecule has 0 aromatic heterocycles. The normalized spacial score (nSPS) is 22.0. The summed E-state index contributed by atoms with van der Waals surface area (Å²) in [6, 6.07) is 2.60. The Balaban J connectivity index is 2.68. The Kier molecular flexibility index (Phi) is 3.10. The molecule has 0 saturated carbocycles. The molecule has 0 amide bonds. The largest absolute Gasteiger partial charge is 0.480 e. The number of aliphatic carboxylic acids is 1. The molecule has 0 aliphatic carbocycles. The van der Waals surface area contributed by atoms with Gasteiger partial charge in [-0.15, -0.1) is 0 Å². The van der Waals surface area contributed by atoms with Crippen molar-refractivity contribution in [3.8, 4) is 0 Å². The summed E-state index contributed by atoms with van der Waals surface area (Å²) in [4.78, 5) is 11.2. The van der Waals surface area contributed by atoms with Gasteiger partial charge in [0.05, 0.1) is 0 Å². The summed E-state index contributed by atoms with van der Waals surface area (Å²) in [5, 5.41) is 13.2. The van der Waals surface area contributed by atoms with Gasteiger partial charge >= 0.3 is 5.97 Å². The van der Waals surface area contributed by atoms with E-state index in [1.165, 1.54) is 0 Å². The second kappa shape index (κ2) is 4.16. The summed E-state index contributed by atoms with van der Waals surface area (Å²) in [6.07, 6.45) is 0. The van der Waals surface area contributed by atoms with Crippen LogP contribution in [0.5, 0.6) is 0 Å². The van der Waals surface area contributed by atoms with E-state index < -0.39 is 12.0 Å². The highest BCUT2D eigenvalue weighted by molar-refractivity contribution is 6.35. The summed E-state index contributed by atoms with van der Waals surface area (Å²) in [6.45, 7) is 4.62. The lowest BCUT2D eigenvalue weighted by Gasteiger charge is -2.37. The number of benzene rings is 1. The van der Waals surface area contributed by atoms with Crippen LogP contribution < -0.4 is 5.32 Å². The van der Waals surface area contributed by atoms with Crippen LogP contribution >= 0.6 is 23.2 Å². The second-order valence-electron chi connectivity index (χ2n) is 4.89. The number of hydrogen-bond donors (Lipinski definition) is 2. The zero-order valence-electron chi connectivity index (χ0n) is 9.55. The van der Waals surface area contributed by atoms with Gasteiger partial charge < -0.3 is 5.11 Å².